The summed E-state index contributed by atoms with van der Waals surface area (Å²) in [6.07, 6.45) is 4.87. The SMILES string of the molecule is CCCCC(CCC)C(=O)[C@H](c1ccccc1)N1CC[C@H](F)C1. The number of likely N-dealkylation sites (tertiary alicyclic amines) is 1. The summed E-state index contributed by atoms with van der Waals surface area (Å²) >= 11 is 0. The number of alkyl halides is 1. The van der Waals surface area contributed by atoms with Crippen LogP contribution < -0.4 is 0 Å². The minimum absolute atomic E-state index is 0.101. The smallest absolute Gasteiger partial charge is 0.157 e. The Morgan fingerprint density at radius 1 is 1.22 bits per heavy atom. The average molecular weight is 319 g/mol. The highest BCUT2D eigenvalue weighted by Crippen LogP contribution is 2.32. The second kappa shape index (κ2) is 9.17. The molecular formula is C20H30FNO. The predicted octanol–water partition coefficient (Wildman–Crippen LogP) is 4.95. The van der Waals surface area contributed by atoms with Crippen LogP contribution in [0.4, 0.5) is 4.39 Å². The molecule has 2 nitrogen and oxygen atoms in total. The molecule has 1 aromatic rings. The molecule has 3 heteroatoms. The highest BCUT2D eigenvalue weighted by molar-refractivity contribution is 5.87. The number of Topliss-reactive ketones (excluding diaryl/α,β-unsaturated/α-hetero) is 1. The van der Waals surface area contributed by atoms with Crippen LogP contribution in [0, 0.1) is 5.92 Å². The molecule has 0 spiro atoms. The van der Waals surface area contributed by atoms with Crippen LogP contribution in [0.1, 0.15) is 64.0 Å². The van der Waals surface area contributed by atoms with Crippen LogP contribution in [0.25, 0.3) is 0 Å². The molecule has 23 heavy (non-hydrogen) atoms. The fraction of sp³-hybridized carbons (Fsp3) is 0.650. The Balaban J connectivity index is 2.22. The molecule has 1 heterocycles. The van der Waals surface area contributed by atoms with Crippen molar-refractivity contribution in [3.63, 3.8) is 0 Å². The van der Waals surface area contributed by atoms with Gasteiger partial charge in [-0.2, -0.15) is 0 Å². The van der Waals surface area contributed by atoms with Gasteiger partial charge < -0.3 is 0 Å². The van der Waals surface area contributed by atoms with Crippen LogP contribution >= 0.6 is 0 Å². The number of halogens is 1. The molecule has 1 saturated heterocycles. The van der Waals surface area contributed by atoms with Crippen molar-refractivity contribution in [1.29, 1.82) is 0 Å². The molecule has 1 aromatic carbocycles. The Hall–Kier alpha value is -1.22. The monoisotopic (exact) mass is 319 g/mol. The van der Waals surface area contributed by atoms with Crippen molar-refractivity contribution in [2.24, 2.45) is 5.92 Å². The van der Waals surface area contributed by atoms with E-state index < -0.39 is 6.17 Å². The highest BCUT2D eigenvalue weighted by Gasteiger charge is 2.36. The lowest BCUT2D eigenvalue weighted by Crippen LogP contribution is -2.36. The van der Waals surface area contributed by atoms with Gasteiger partial charge in [-0.15, -0.1) is 0 Å². The number of ketones is 1. The van der Waals surface area contributed by atoms with E-state index in [9.17, 15) is 9.18 Å². The van der Waals surface area contributed by atoms with E-state index in [2.05, 4.69) is 18.7 Å². The summed E-state index contributed by atoms with van der Waals surface area (Å²) in [4.78, 5) is 15.3. The van der Waals surface area contributed by atoms with Crippen LogP contribution in [-0.2, 0) is 4.79 Å². The van der Waals surface area contributed by atoms with E-state index in [4.69, 9.17) is 0 Å². The fourth-order valence-corrected chi connectivity index (χ4v) is 3.62. The molecule has 0 amide bonds. The third kappa shape index (κ3) is 4.87. The van der Waals surface area contributed by atoms with Crippen LogP contribution in [-0.4, -0.2) is 29.9 Å². The maximum atomic E-state index is 13.7. The van der Waals surface area contributed by atoms with Gasteiger partial charge in [0, 0.05) is 19.0 Å². The first kappa shape index (κ1) is 18.1. The molecule has 0 bridgehead atoms. The molecule has 0 N–H and O–H groups in total. The van der Waals surface area contributed by atoms with Crippen molar-refractivity contribution >= 4 is 5.78 Å². The van der Waals surface area contributed by atoms with E-state index in [1.807, 2.05) is 30.3 Å². The van der Waals surface area contributed by atoms with Crippen molar-refractivity contribution in [3.05, 3.63) is 35.9 Å². The van der Waals surface area contributed by atoms with E-state index >= 15 is 0 Å². The van der Waals surface area contributed by atoms with Crippen molar-refractivity contribution in [3.8, 4) is 0 Å². The number of unbranched alkanes of at least 4 members (excludes halogenated alkanes) is 1. The van der Waals surface area contributed by atoms with E-state index in [-0.39, 0.29) is 12.0 Å². The van der Waals surface area contributed by atoms with Gasteiger partial charge in [0.05, 0.1) is 6.04 Å². The molecular weight excluding hydrogens is 289 g/mol. The van der Waals surface area contributed by atoms with Crippen molar-refractivity contribution in [2.75, 3.05) is 13.1 Å². The number of carbonyl (C=O) groups excluding carboxylic acids is 1. The van der Waals surface area contributed by atoms with Crippen LogP contribution in [0.15, 0.2) is 30.3 Å². The Morgan fingerprint density at radius 2 is 1.96 bits per heavy atom. The first-order valence-corrected chi connectivity index (χ1v) is 9.14. The van der Waals surface area contributed by atoms with Crippen LogP contribution in [0.5, 0.6) is 0 Å². The number of nitrogens with zero attached hydrogens (tertiary/aromatic N) is 1. The van der Waals surface area contributed by atoms with Crippen LogP contribution in [0.2, 0.25) is 0 Å². The molecule has 0 saturated carbocycles. The Morgan fingerprint density at radius 3 is 2.52 bits per heavy atom. The van der Waals surface area contributed by atoms with Gasteiger partial charge in [-0.25, -0.2) is 4.39 Å². The first-order chi connectivity index (χ1) is 11.2. The minimum atomic E-state index is -0.797. The molecule has 1 aliphatic heterocycles. The lowest BCUT2D eigenvalue weighted by atomic mass is 9.86. The maximum Gasteiger partial charge on any atom is 0.157 e. The topological polar surface area (TPSA) is 20.3 Å². The Labute approximate surface area is 140 Å². The molecule has 128 valence electrons. The number of hydrogen-bond acceptors (Lipinski definition) is 2. The lowest BCUT2D eigenvalue weighted by molar-refractivity contribution is -0.128. The summed E-state index contributed by atoms with van der Waals surface area (Å²) in [5, 5.41) is 0. The molecule has 3 atom stereocenters. The summed E-state index contributed by atoms with van der Waals surface area (Å²) in [5.74, 6) is 0.393. The standard InChI is InChI=1S/C20H30FNO/c1-3-5-10-17(9-4-2)20(23)19(16-11-7-6-8-12-16)22-14-13-18(21)15-22/h6-8,11-12,17-19H,3-5,9-10,13-15H2,1-2H3/t17?,18-,19-/m0/s1. The van der Waals surface area contributed by atoms with Gasteiger partial charge in [-0.3, -0.25) is 9.69 Å². The third-order valence-electron chi connectivity index (χ3n) is 4.86. The van der Waals surface area contributed by atoms with E-state index in [1.54, 1.807) is 0 Å². The van der Waals surface area contributed by atoms with E-state index in [1.165, 1.54) is 0 Å². The summed E-state index contributed by atoms with van der Waals surface area (Å²) < 4.78 is 13.7. The predicted molar refractivity (Wildman–Crippen MR) is 93.2 cm³/mol. The fourth-order valence-electron chi connectivity index (χ4n) is 3.62. The first-order valence-electron chi connectivity index (χ1n) is 9.14. The third-order valence-corrected chi connectivity index (χ3v) is 4.86. The lowest BCUT2D eigenvalue weighted by Gasteiger charge is -2.30. The van der Waals surface area contributed by atoms with Gasteiger partial charge >= 0.3 is 0 Å². The van der Waals surface area contributed by atoms with Crippen molar-refractivity contribution in [1.82, 2.24) is 4.90 Å². The molecule has 1 aliphatic rings. The second-order valence-corrected chi connectivity index (χ2v) is 6.72. The molecule has 2 rings (SSSR count). The molecule has 0 aromatic heterocycles. The Kier molecular flexibility index (Phi) is 7.22. The number of benzene rings is 1. The zero-order chi connectivity index (χ0) is 16.7. The minimum Gasteiger partial charge on any atom is -0.297 e. The zero-order valence-corrected chi connectivity index (χ0v) is 14.5. The summed E-state index contributed by atoms with van der Waals surface area (Å²) in [6.45, 7) is 5.37. The second-order valence-electron chi connectivity index (χ2n) is 6.72. The number of carbonyl (C=O) groups is 1. The quantitative estimate of drug-likeness (QED) is 0.642. The molecule has 0 radical (unpaired) electrons. The normalized spacial score (nSPS) is 21.3. The van der Waals surface area contributed by atoms with Gasteiger partial charge in [0.15, 0.2) is 5.78 Å². The highest BCUT2D eigenvalue weighted by atomic mass is 19.1. The molecule has 1 fully saturated rings. The number of hydrogen-bond donors (Lipinski definition) is 0. The van der Waals surface area contributed by atoms with Crippen LogP contribution in [0.3, 0.4) is 0 Å². The molecule has 1 unspecified atom stereocenters. The van der Waals surface area contributed by atoms with Gasteiger partial charge in [0.1, 0.15) is 6.17 Å². The Bertz CT molecular complexity index is 476. The summed E-state index contributed by atoms with van der Waals surface area (Å²) in [7, 11) is 0. The van der Waals surface area contributed by atoms with Gasteiger partial charge in [0.25, 0.3) is 0 Å². The van der Waals surface area contributed by atoms with E-state index in [0.717, 1.165) is 37.7 Å². The van der Waals surface area contributed by atoms with Crippen molar-refractivity contribution in [2.45, 2.75) is 64.6 Å². The zero-order valence-electron chi connectivity index (χ0n) is 14.5. The van der Waals surface area contributed by atoms with Crippen molar-refractivity contribution < 1.29 is 9.18 Å². The van der Waals surface area contributed by atoms with Gasteiger partial charge in [0.2, 0.25) is 0 Å². The van der Waals surface area contributed by atoms with E-state index in [0.29, 0.717) is 25.3 Å². The maximum absolute atomic E-state index is 13.7. The largest absolute Gasteiger partial charge is 0.297 e. The summed E-state index contributed by atoms with van der Waals surface area (Å²) in [6, 6.07) is 9.66. The average Bonchev–Trinajstić information content (AvgIpc) is 2.98. The number of rotatable bonds is 9. The van der Waals surface area contributed by atoms with Gasteiger partial charge in [-0.05, 0) is 24.8 Å². The summed E-state index contributed by atoms with van der Waals surface area (Å²) in [5.41, 5.74) is 1.02. The molecule has 0 aliphatic carbocycles. The van der Waals surface area contributed by atoms with Gasteiger partial charge in [-0.1, -0.05) is 63.4 Å².